The highest BCUT2D eigenvalue weighted by atomic mass is 19.4. The summed E-state index contributed by atoms with van der Waals surface area (Å²) in [5, 5.41) is 11.4. The summed E-state index contributed by atoms with van der Waals surface area (Å²) in [7, 11) is 0. The highest BCUT2D eigenvalue weighted by Crippen LogP contribution is 2.35. The number of alkyl halides is 6. The minimum atomic E-state index is -4.98. The number of unbranched alkanes of at least 4 members (excludes halogenated alkanes) is 2. The van der Waals surface area contributed by atoms with Gasteiger partial charge in [0.05, 0.1) is 23.2 Å². The second-order valence-electron chi connectivity index (χ2n) is 11.0. The van der Waals surface area contributed by atoms with Crippen LogP contribution in [0.25, 0.3) is 16.6 Å². The molecule has 4 rings (SSSR count). The van der Waals surface area contributed by atoms with E-state index < -0.39 is 47.4 Å². The summed E-state index contributed by atoms with van der Waals surface area (Å²) in [5.41, 5.74) is 0.248. The Morgan fingerprint density at radius 3 is 2.28 bits per heavy atom. The van der Waals surface area contributed by atoms with Crippen LogP contribution in [0, 0.1) is 5.92 Å². The maximum Gasteiger partial charge on any atom is 0.573 e. The molecule has 47 heavy (non-hydrogen) atoms. The van der Waals surface area contributed by atoms with Gasteiger partial charge >= 0.3 is 18.5 Å². The molecule has 1 atom stereocenters. The molecule has 2 N–H and O–H groups in total. The van der Waals surface area contributed by atoms with Crippen molar-refractivity contribution in [2.45, 2.75) is 58.0 Å². The van der Waals surface area contributed by atoms with E-state index in [2.05, 4.69) is 10.1 Å². The second kappa shape index (κ2) is 14.7. The maximum absolute atomic E-state index is 14.3. The summed E-state index contributed by atoms with van der Waals surface area (Å²) >= 11 is 0. The maximum atomic E-state index is 14.3. The molecule has 0 saturated heterocycles. The molecule has 7 nitrogen and oxygen atoms in total. The number of amides is 1. The smallest absolute Gasteiger partial charge is 0.481 e. The Hall–Kier alpha value is -4.81. The summed E-state index contributed by atoms with van der Waals surface area (Å²) in [6, 6.07) is 15.5. The van der Waals surface area contributed by atoms with Gasteiger partial charge in [-0.3, -0.25) is 14.4 Å². The highest BCUT2D eigenvalue weighted by molar-refractivity contribution is 6.03. The Kier molecular flexibility index (Phi) is 11.0. The number of Topliss-reactive ketones (excluding diaryl/α,β-unsaturated/α-hetero) is 1. The zero-order valence-electron chi connectivity index (χ0n) is 25.3. The molecule has 0 spiro atoms. The molecular formula is C34H32F6N2O5. The number of fused-ring (bicyclic) bond motifs is 1. The van der Waals surface area contributed by atoms with Crippen molar-refractivity contribution in [1.29, 1.82) is 0 Å². The molecule has 250 valence electrons. The van der Waals surface area contributed by atoms with Crippen LogP contribution in [0.2, 0.25) is 0 Å². The van der Waals surface area contributed by atoms with Gasteiger partial charge < -0.3 is 19.7 Å². The van der Waals surface area contributed by atoms with Crippen LogP contribution < -0.4 is 10.1 Å². The molecule has 1 aromatic heterocycles. The lowest BCUT2D eigenvalue weighted by atomic mass is 9.88. The number of rotatable bonds is 14. The van der Waals surface area contributed by atoms with E-state index in [1.54, 1.807) is 24.3 Å². The van der Waals surface area contributed by atoms with Gasteiger partial charge in [0.2, 0.25) is 0 Å². The van der Waals surface area contributed by atoms with Crippen molar-refractivity contribution in [2.75, 3.05) is 6.54 Å². The predicted octanol–water partition coefficient (Wildman–Crippen LogP) is 8.37. The van der Waals surface area contributed by atoms with E-state index in [1.807, 2.05) is 6.92 Å². The fourth-order valence-electron chi connectivity index (χ4n) is 5.31. The average Bonchev–Trinajstić information content (AvgIpc) is 3.38. The highest BCUT2D eigenvalue weighted by Gasteiger charge is 2.33. The predicted molar refractivity (Wildman–Crippen MR) is 162 cm³/mol. The number of halogens is 6. The van der Waals surface area contributed by atoms with Crippen LogP contribution in [-0.2, 0) is 17.4 Å². The van der Waals surface area contributed by atoms with Crippen molar-refractivity contribution in [3.8, 4) is 11.4 Å². The van der Waals surface area contributed by atoms with Gasteiger partial charge in [0.15, 0.2) is 5.78 Å². The summed E-state index contributed by atoms with van der Waals surface area (Å²) in [5.74, 6) is -3.13. The van der Waals surface area contributed by atoms with Gasteiger partial charge in [0, 0.05) is 29.1 Å². The first-order chi connectivity index (χ1) is 22.2. The van der Waals surface area contributed by atoms with Gasteiger partial charge in [0.1, 0.15) is 5.75 Å². The second-order valence-corrected chi connectivity index (χ2v) is 11.0. The third-order valence-electron chi connectivity index (χ3n) is 7.54. The first-order valence-electron chi connectivity index (χ1n) is 14.9. The zero-order chi connectivity index (χ0) is 34.4. The number of nitrogens with zero attached hydrogens (tertiary/aromatic N) is 1. The summed E-state index contributed by atoms with van der Waals surface area (Å²) < 4.78 is 85.2. The Labute approximate surface area is 266 Å². The first-order valence-corrected chi connectivity index (χ1v) is 14.9. The molecule has 1 amide bonds. The van der Waals surface area contributed by atoms with Crippen LogP contribution in [0.4, 0.5) is 26.3 Å². The lowest BCUT2D eigenvalue weighted by Gasteiger charge is -2.19. The van der Waals surface area contributed by atoms with Crippen LogP contribution in [-0.4, -0.2) is 40.2 Å². The van der Waals surface area contributed by atoms with E-state index >= 15 is 0 Å². The fraction of sp³-hybridized carbons (Fsp3) is 0.324. The number of ether oxygens (including phenoxy) is 1. The molecule has 3 aromatic carbocycles. The van der Waals surface area contributed by atoms with Crippen molar-refractivity contribution in [2.24, 2.45) is 5.92 Å². The fourth-order valence-corrected chi connectivity index (χ4v) is 5.31. The number of benzene rings is 3. The van der Waals surface area contributed by atoms with Gasteiger partial charge in [-0.2, -0.15) is 13.2 Å². The van der Waals surface area contributed by atoms with E-state index in [0.29, 0.717) is 18.4 Å². The molecule has 0 aliphatic heterocycles. The lowest BCUT2D eigenvalue weighted by Crippen LogP contribution is -2.26. The standard InChI is InChI=1S/C34H32F6N2O5/c1-2-3-4-6-23(17-21-9-11-22(12-10-21)32(46)41-16-15-30(43)44)31(45)29-19-24-18-27(47-34(38,39)40)13-14-28(24)42(29)26-8-5-7-25(20-26)33(35,36)37/h5,7-14,18-20,23H,2-4,6,15-17H2,1H3,(H,41,46)(H,43,44)/t23-/m0/s1. The van der Waals surface area contributed by atoms with E-state index in [4.69, 9.17) is 5.11 Å². The summed E-state index contributed by atoms with van der Waals surface area (Å²) in [4.78, 5) is 37.4. The number of carbonyl (C=O) groups is 3. The monoisotopic (exact) mass is 662 g/mol. The Bertz CT molecular complexity index is 1730. The number of carboxylic acids is 1. The molecule has 0 aliphatic carbocycles. The number of aromatic nitrogens is 1. The number of aliphatic carboxylic acids is 1. The van der Waals surface area contributed by atoms with Gasteiger partial charge in [-0.15, -0.1) is 13.2 Å². The molecule has 13 heteroatoms. The largest absolute Gasteiger partial charge is 0.573 e. The topological polar surface area (TPSA) is 97.6 Å². The minimum Gasteiger partial charge on any atom is -0.481 e. The van der Waals surface area contributed by atoms with Gasteiger partial charge in [-0.25, -0.2) is 0 Å². The van der Waals surface area contributed by atoms with E-state index in [-0.39, 0.29) is 47.2 Å². The van der Waals surface area contributed by atoms with Crippen molar-refractivity contribution >= 4 is 28.6 Å². The quantitative estimate of drug-likeness (QED) is 0.0804. The van der Waals surface area contributed by atoms with Crippen molar-refractivity contribution < 1.29 is 50.6 Å². The number of hydrogen-bond acceptors (Lipinski definition) is 4. The summed E-state index contributed by atoms with van der Waals surface area (Å²) in [6.45, 7) is 1.94. The van der Waals surface area contributed by atoms with Gasteiger partial charge in [0.25, 0.3) is 5.91 Å². The SMILES string of the molecule is CCCCC[C@@H](Cc1ccc(C(=O)NCCC(=O)O)cc1)C(=O)c1cc2cc(OC(F)(F)F)ccc2n1-c1cccc(C(F)(F)F)c1. The third-order valence-corrected chi connectivity index (χ3v) is 7.54. The minimum absolute atomic E-state index is 0.000546. The van der Waals surface area contributed by atoms with Crippen molar-refractivity contribution in [3.63, 3.8) is 0 Å². The Morgan fingerprint density at radius 2 is 1.64 bits per heavy atom. The van der Waals surface area contributed by atoms with E-state index in [9.17, 15) is 40.7 Å². The molecule has 0 saturated carbocycles. The van der Waals surface area contributed by atoms with Crippen molar-refractivity contribution in [3.05, 3.63) is 95.2 Å². The molecule has 4 aromatic rings. The Morgan fingerprint density at radius 1 is 0.915 bits per heavy atom. The first kappa shape index (κ1) is 35.1. The number of hydrogen-bond donors (Lipinski definition) is 2. The Balaban J connectivity index is 1.73. The molecule has 0 bridgehead atoms. The van der Waals surface area contributed by atoms with E-state index in [0.717, 1.165) is 37.1 Å². The van der Waals surface area contributed by atoms with Crippen molar-refractivity contribution in [1.82, 2.24) is 9.88 Å². The molecule has 0 fully saturated rings. The number of ketones is 1. The number of nitrogens with one attached hydrogen (secondary N) is 1. The summed E-state index contributed by atoms with van der Waals surface area (Å²) in [6.07, 6.45) is -6.91. The average molecular weight is 663 g/mol. The van der Waals surface area contributed by atoms with Crippen LogP contribution in [0.3, 0.4) is 0 Å². The lowest BCUT2D eigenvalue weighted by molar-refractivity contribution is -0.274. The molecule has 0 unspecified atom stereocenters. The molecule has 0 aliphatic rings. The van der Waals surface area contributed by atoms with E-state index in [1.165, 1.54) is 28.8 Å². The third kappa shape index (κ3) is 9.36. The van der Waals surface area contributed by atoms with Crippen LogP contribution in [0.15, 0.2) is 72.8 Å². The van der Waals surface area contributed by atoms with Gasteiger partial charge in [-0.05, 0) is 73.0 Å². The molecular weight excluding hydrogens is 630 g/mol. The van der Waals surface area contributed by atoms with Gasteiger partial charge in [-0.1, -0.05) is 44.4 Å². The molecule has 0 radical (unpaired) electrons. The normalized spacial score (nSPS) is 12.6. The van der Waals surface area contributed by atoms with Crippen LogP contribution in [0.5, 0.6) is 5.75 Å². The number of carbonyl (C=O) groups excluding carboxylic acids is 2. The number of carboxylic acid groups (broad SMARTS) is 1. The molecule has 1 heterocycles. The zero-order valence-corrected chi connectivity index (χ0v) is 25.3. The van der Waals surface area contributed by atoms with Crippen LogP contribution >= 0.6 is 0 Å². The van der Waals surface area contributed by atoms with Crippen LogP contribution in [0.1, 0.15) is 71.0 Å².